The Hall–Kier alpha value is -4.60. The molecule has 2 aromatic carbocycles. The minimum Gasteiger partial charge on any atom is -0.480 e. The Bertz CT molecular complexity index is 1610. The molecule has 2 aliphatic rings. The first-order chi connectivity index (χ1) is 18.4. The summed E-state index contributed by atoms with van der Waals surface area (Å²) in [4.78, 5) is 13.9. The van der Waals surface area contributed by atoms with Crippen LogP contribution in [0.1, 0.15) is 13.3 Å². The summed E-state index contributed by atoms with van der Waals surface area (Å²) in [7, 11) is 1.55. The van der Waals surface area contributed by atoms with Crippen molar-refractivity contribution < 1.29 is 22.6 Å². The van der Waals surface area contributed by atoms with E-state index in [-0.39, 0.29) is 5.75 Å². The molecule has 0 amide bonds. The van der Waals surface area contributed by atoms with E-state index in [1.807, 2.05) is 54.0 Å². The molecule has 1 N–H and O–H groups in total. The predicted octanol–water partition coefficient (Wildman–Crippen LogP) is 6.49. The van der Waals surface area contributed by atoms with Crippen LogP contribution in [0.2, 0.25) is 0 Å². The summed E-state index contributed by atoms with van der Waals surface area (Å²) in [5, 5.41) is 4.08. The smallest absolute Gasteiger partial charge is 0.480 e. The number of halogens is 3. The van der Waals surface area contributed by atoms with Gasteiger partial charge in [-0.3, -0.25) is 4.99 Å². The van der Waals surface area contributed by atoms with Gasteiger partial charge in [0.15, 0.2) is 0 Å². The number of nitrogens with zero attached hydrogens (tertiary/aromatic N) is 4. The number of benzene rings is 3. The van der Waals surface area contributed by atoms with Crippen molar-refractivity contribution in [1.82, 2.24) is 14.5 Å². The summed E-state index contributed by atoms with van der Waals surface area (Å²) in [5.41, 5.74) is 4.97. The van der Waals surface area contributed by atoms with Crippen LogP contribution in [0.15, 0.2) is 84.0 Å². The van der Waals surface area contributed by atoms with E-state index < -0.39 is 6.36 Å². The fourth-order valence-corrected chi connectivity index (χ4v) is 4.17. The van der Waals surface area contributed by atoms with Gasteiger partial charge in [-0.1, -0.05) is 19.1 Å². The van der Waals surface area contributed by atoms with E-state index in [9.17, 15) is 13.2 Å². The Balaban J connectivity index is 1.72. The lowest BCUT2D eigenvalue weighted by molar-refractivity contribution is -0.274. The second-order valence-electron chi connectivity index (χ2n) is 8.40. The third kappa shape index (κ3) is 5.24. The minimum absolute atomic E-state index is 0.292. The third-order valence-corrected chi connectivity index (χ3v) is 5.77. The number of methoxy groups -OCH3 is 1. The number of nitrogens with one attached hydrogen (secondary N) is 1. The number of fused-ring (bicyclic) bond motifs is 2. The second kappa shape index (κ2) is 10.4. The maximum absolute atomic E-state index is 12.7. The molecule has 0 saturated heterocycles. The number of para-hydroxylation sites is 2. The Morgan fingerprint density at radius 3 is 2.50 bits per heavy atom. The topological polar surface area (TPSA) is 73.6 Å². The van der Waals surface area contributed by atoms with Crippen LogP contribution in [-0.2, 0) is 0 Å². The second-order valence-corrected chi connectivity index (χ2v) is 8.40. The van der Waals surface area contributed by atoms with Crippen molar-refractivity contribution in [2.45, 2.75) is 19.7 Å². The number of alkyl halides is 3. The highest BCUT2D eigenvalue weighted by Crippen LogP contribution is 2.32. The summed E-state index contributed by atoms with van der Waals surface area (Å²) >= 11 is 0. The summed E-state index contributed by atoms with van der Waals surface area (Å²) in [6.07, 6.45) is -2.26. The first-order valence-electron chi connectivity index (χ1n) is 11.9. The standard InChI is InChI=1S/C28H24F3N5O2/c1-3-14-32-22-17-26-24(16-23(22)35-21-8-6-15-33-27(21)37-2)34-20-7-4-5-9-25(20)36(26)18-10-12-19(13-11-18)38-28(29,30)31/h4-13,15-17,35H,3,14H2,1-2H3. The van der Waals surface area contributed by atoms with Crippen LogP contribution in [0.5, 0.6) is 11.6 Å². The van der Waals surface area contributed by atoms with Crippen LogP contribution in [0.25, 0.3) is 28.1 Å². The van der Waals surface area contributed by atoms with Crippen molar-refractivity contribution in [3.63, 3.8) is 0 Å². The first kappa shape index (κ1) is 25.1. The zero-order chi connectivity index (χ0) is 26.7. The van der Waals surface area contributed by atoms with E-state index in [0.29, 0.717) is 34.9 Å². The highest BCUT2D eigenvalue weighted by Gasteiger charge is 2.31. The molecule has 10 heteroatoms. The minimum atomic E-state index is -4.76. The van der Waals surface area contributed by atoms with Gasteiger partial charge in [0.2, 0.25) is 5.88 Å². The number of hydrogen-bond donors (Lipinski definition) is 1. The zero-order valence-corrected chi connectivity index (χ0v) is 20.7. The molecule has 0 fully saturated rings. The molecule has 0 atom stereocenters. The van der Waals surface area contributed by atoms with E-state index in [1.165, 1.54) is 12.1 Å². The SMILES string of the molecule is CCCN=c1cc2n(-c3ccc(OC(F)(F)F)cc3)c3ccccc3nc-2cc1Nc1cccnc1OC. The Kier molecular flexibility index (Phi) is 6.87. The summed E-state index contributed by atoms with van der Waals surface area (Å²) < 4.78 is 49.5. The zero-order valence-electron chi connectivity index (χ0n) is 20.7. The van der Waals surface area contributed by atoms with Gasteiger partial charge >= 0.3 is 6.36 Å². The molecular formula is C28H24F3N5O2. The molecular weight excluding hydrogens is 495 g/mol. The molecule has 0 bridgehead atoms. The number of ether oxygens (including phenoxy) is 2. The van der Waals surface area contributed by atoms with Gasteiger partial charge in [-0.15, -0.1) is 13.2 Å². The number of anilines is 2. The van der Waals surface area contributed by atoms with Crippen LogP contribution < -0.4 is 20.1 Å². The van der Waals surface area contributed by atoms with E-state index >= 15 is 0 Å². The van der Waals surface area contributed by atoms with Crippen LogP contribution in [0.3, 0.4) is 0 Å². The Morgan fingerprint density at radius 1 is 0.974 bits per heavy atom. The van der Waals surface area contributed by atoms with Crippen LogP contribution >= 0.6 is 0 Å². The van der Waals surface area contributed by atoms with Crippen LogP contribution in [0.4, 0.5) is 24.5 Å². The summed E-state index contributed by atoms with van der Waals surface area (Å²) in [6, 6.07) is 20.8. The van der Waals surface area contributed by atoms with Crippen molar-refractivity contribution in [3.8, 4) is 28.7 Å². The molecule has 0 saturated carbocycles. The fraction of sp³-hybridized carbons (Fsp3) is 0.179. The molecule has 1 aromatic heterocycles. The Morgan fingerprint density at radius 2 is 1.76 bits per heavy atom. The lowest BCUT2D eigenvalue weighted by atomic mass is 10.1. The van der Waals surface area contributed by atoms with Gasteiger partial charge in [-0.2, -0.15) is 0 Å². The average Bonchev–Trinajstić information content (AvgIpc) is 2.90. The number of rotatable bonds is 7. The molecule has 1 aliphatic heterocycles. The highest BCUT2D eigenvalue weighted by atomic mass is 19.4. The summed E-state index contributed by atoms with van der Waals surface area (Å²) in [5.74, 6) is 0.150. The molecule has 0 spiro atoms. The number of hydrogen-bond acceptors (Lipinski definition) is 6. The van der Waals surface area contributed by atoms with Crippen molar-refractivity contribution in [2.75, 3.05) is 19.0 Å². The Labute approximate surface area is 216 Å². The van der Waals surface area contributed by atoms with Gasteiger partial charge in [0.1, 0.15) is 11.4 Å². The maximum atomic E-state index is 12.7. The van der Waals surface area contributed by atoms with Gasteiger partial charge in [-0.05, 0) is 67.1 Å². The molecule has 7 nitrogen and oxygen atoms in total. The molecule has 38 heavy (non-hydrogen) atoms. The van der Waals surface area contributed by atoms with Crippen molar-refractivity contribution in [2.24, 2.45) is 4.99 Å². The van der Waals surface area contributed by atoms with E-state index in [1.54, 1.807) is 31.5 Å². The highest BCUT2D eigenvalue weighted by molar-refractivity contribution is 5.84. The largest absolute Gasteiger partial charge is 0.573 e. The summed E-state index contributed by atoms with van der Waals surface area (Å²) in [6.45, 7) is 2.65. The van der Waals surface area contributed by atoms with Crippen molar-refractivity contribution >= 4 is 22.4 Å². The van der Waals surface area contributed by atoms with Crippen LogP contribution in [-0.4, -0.2) is 34.6 Å². The van der Waals surface area contributed by atoms with Crippen LogP contribution in [0, 0.1) is 0 Å². The normalized spacial score (nSPS) is 12.2. The van der Waals surface area contributed by atoms with Gasteiger partial charge in [0.05, 0.1) is 40.6 Å². The van der Waals surface area contributed by atoms with E-state index in [0.717, 1.165) is 28.8 Å². The molecule has 0 radical (unpaired) electrons. The lowest BCUT2D eigenvalue weighted by Crippen LogP contribution is -2.17. The maximum Gasteiger partial charge on any atom is 0.573 e. The molecule has 3 aromatic rings. The predicted molar refractivity (Wildman–Crippen MR) is 139 cm³/mol. The molecule has 1 aliphatic carbocycles. The first-order valence-corrected chi connectivity index (χ1v) is 11.9. The lowest BCUT2D eigenvalue weighted by Gasteiger charge is -2.21. The molecule has 0 unspecified atom stereocenters. The van der Waals surface area contributed by atoms with Gasteiger partial charge < -0.3 is 19.4 Å². The van der Waals surface area contributed by atoms with Gasteiger partial charge in [0.25, 0.3) is 0 Å². The van der Waals surface area contributed by atoms with Gasteiger partial charge in [0, 0.05) is 18.4 Å². The van der Waals surface area contributed by atoms with Crippen molar-refractivity contribution in [1.29, 1.82) is 0 Å². The van der Waals surface area contributed by atoms with E-state index in [4.69, 9.17) is 14.7 Å². The third-order valence-electron chi connectivity index (χ3n) is 5.77. The molecule has 5 rings (SSSR count). The quantitative estimate of drug-likeness (QED) is 0.249. The average molecular weight is 520 g/mol. The van der Waals surface area contributed by atoms with Crippen molar-refractivity contribution in [3.05, 3.63) is 84.4 Å². The molecule has 194 valence electrons. The molecule has 2 heterocycles. The monoisotopic (exact) mass is 519 g/mol. The fourth-order valence-electron chi connectivity index (χ4n) is 4.17. The number of aromatic nitrogens is 3. The van der Waals surface area contributed by atoms with Gasteiger partial charge in [-0.25, -0.2) is 9.97 Å². The van der Waals surface area contributed by atoms with E-state index in [2.05, 4.69) is 15.0 Å². The number of pyridine rings is 1.